The van der Waals surface area contributed by atoms with Gasteiger partial charge in [0.2, 0.25) is 0 Å². The summed E-state index contributed by atoms with van der Waals surface area (Å²) >= 11 is 6.02. The van der Waals surface area contributed by atoms with E-state index in [1.165, 1.54) is 29.4 Å². The topological polar surface area (TPSA) is 30.9 Å². The smallest absolute Gasteiger partial charge is 0.0486 e. The number of fused-ring (bicyclic) bond motifs is 1. The van der Waals surface area contributed by atoms with Crippen LogP contribution in [0.4, 0.5) is 0 Å². The van der Waals surface area contributed by atoms with E-state index in [1.807, 2.05) is 12.1 Å². The summed E-state index contributed by atoms with van der Waals surface area (Å²) in [5.41, 5.74) is 8.31. The van der Waals surface area contributed by atoms with Gasteiger partial charge in [0, 0.05) is 27.7 Å². The molecule has 0 unspecified atom stereocenters. The summed E-state index contributed by atoms with van der Waals surface area (Å²) in [7, 11) is 0. The van der Waals surface area contributed by atoms with Gasteiger partial charge < -0.3 is 10.3 Å². The first-order chi connectivity index (χ1) is 7.79. The van der Waals surface area contributed by atoms with Gasteiger partial charge in [-0.15, -0.1) is 0 Å². The quantitative estimate of drug-likeness (QED) is 0.869. The molecule has 1 fully saturated rings. The number of nitrogens with two attached hydrogens (primary N) is 1. The van der Waals surface area contributed by atoms with Crippen molar-refractivity contribution in [1.29, 1.82) is 0 Å². The zero-order chi connectivity index (χ0) is 11.1. The van der Waals surface area contributed by atoms with Crippen molar-refractivity contribution in [1.82, 2.24) is 4.57 Å². The van der Waals surface area contributed by atoms with Crippen molar-refractivity contribution in [3.05, 3.63) is 35.0 Å². The van der Waals surface area contributed by atoms with E-state index in [4.69, 9.17) is 17.3 Å². The molecule has 16 heavy (non-hydrogen) atoms. The minimum Gasteiger partial charge on any atom is -0.341 e. The zero-order valence-electron chi connectivity index (χ0n) is 9.12. The van der Waals surface area contributed by atoms with Gasteiger partial charge >= 0.3 is 0 Å². The predicted molar refractivity (Wildman–Crippen MR) is 68.0 cm³/mol. The monoisotopic (exact) mass is 234 g/mol. The first kappa shape index (κ1) is 10.2. The van der Waals surface area contributed by atoms with E-state index >= 15 is 0 Å². The fourth-order valence-electron chi connectivity index (χ4n) is 2.37. The first-order valence-electron chi connectivity index (χ1n) is 5.79. The van der Waals surface area contributed by atoms with Crippen molar-refractivity contribution >= 4 is 22.5 Å². The van der Waals surface area contributed by atoms with Gasteiger partial charge in [0.25, 0.3) is 0 Å². The molecule has 1 aromatic carbocycles. The molecular weight excluding hydrogens is 220 g/mol. The fourth-order valence-corrected chi connectivity index (χ4v) is 2.55. The van der Waals surface area contributed by atoms with Gasteiger partial charge in [0.15, 0.2) is 0 Å². The van der Waals surface area contributed by atoms with Gasteiger partial charge in [0.05, 0.1) is 0 Å². The van der Waals surface area contributed by atoms with Crippen molar-refractivity contribution in [3.8, 4) is 0 Å². The minimum absolute atomic E-state index is 0.695. The van der Waals surface area contributed by atoms with E-state index in [9.17, 15) is 0 Å². The standard InChI is InChI=1S/C13H15ClN2/c14-10-1-4-13-9(7-10)8-12(5-6-15)16(13)11-2-3-11/h1,4,7-8,11H,2-3,5-6,15H2. The largest absolute Gasteiger partial charge is 0.341 e. The van der Waals surface area contributed by atoms with E-state index in [2.05, 4.69) is 16.7 Å². The third-order valence-electron chi connectivity index (χ3n) is 3.19. The maximum Gasteiger partial charge on any atom is 0.0486 e. The maximum absolute atomic E-state index is 6.02. The third-order valence-corrected chi connectivity index (χ3v) is 3.43. The molecule has 3 rings (SSSR count). The maximum atomic E-state index is 6.02. The molecule has 0 aliphatic heterocycles. The van der Waals surface area contributed by atoms with E-state index in [1.54, 1.807) is 0 Å². The Bertz CT molecular complexity index is 526. The molecule has 2 nitrogen and oxygen atoms in total. The molecule has 1 saturated carbocycles. The summed E-state index contributed by atoms with van der Waals surface area (Å²) in [5, 5.41) is 2.04. The summed E-state index contributed by atoms with van der Waals surface area (Å²) in [6, 6.07) is 9.05. The number of benzene rings is 1. The summed E-state index contributed by atoms with van der Waals surface area (Å²) in [6.07, 6.45) is 3.54. The average Bonchev–Trinajstić information content (AvgIpc) is 3.02. The molecule has 84 valence electrons. The second-order valence-corrected chi connectivity index (χ2v) is 4.92. The highest BCUT2D eigenvalue weighted by Gasteiger charge is 2.26. The van der Waals surface area contributed by atoms with E-state index in [-0.39, 0.29) is 0 Å². The predicted octanol–water partition coefficient (Wildman–Crippen LogP) is 3.13. The Kier molecular flexibility index (Phi) is 2.41. The van der Waals surface area contributed by atoms with E-state index in [0.29, 0.717) is 12.6 Å². The molecule has 1 aliphatic carbocycles. The molecule has 1 aromatic heterocycles. The van der Waals surface area contributed by atoms with Crippen LogP contribution < -0.4 is 5.73 Å². The fraction of sp³-hybridized carbons (Fsp3) is 0.385. The average molecular weight is 235 g/mol. The van der Waals surface area contributed by atoms with Crippen LogP contribution in [0.3, 0.4) is 0 Å². The SMILES string of the molecule is NCCc1cc2cc(Cl)ccc2n1C1CC1. The third kappa shape index (κ3) is 1.62. The second kappa shape index (κ2) is 3.79. The van der Waals surface area contributed by atoms with Gasteiger partial charge in [-0.25, -0.2) is 0 Å². The molecule has 0 radical (unpaired) electrons. The number of hydrogen-bond donors (Lipinski definition) is 1. The molecule has 1 heterocycles. The highest BCUT2D eigenvalue weighted by molar-refractivity contribution is 6.31. The normalized spacial score (nSPS) is 15.9. The summed E-state index contributed by atoms with van der Waals surface area (Å²) < 4.78 is 2.44. The highest BCUT2D eigenvalue weighted by atomic mass is 35.5. The lowest BCUT2D eigenvalue weighted by molar-refractivity contribution is 0.715. The lowest BCUT2D eigenvalue weighted by atomic mass is 10.2. The minimum atomic E-state index is 0.695. The van der Waals surface area contributed by atoms with Crippen LogP contribution in [-0.2, 0) is 6.42 Å². The molecule has 0 saturated heterocycles. The van der Waals surface area contributed by atoms with Crippen LogP contribution in [-0.4, -0.2) is 11.1 Å². The molecule has 2 N–H and O–H groups in total. The summed E-state index contributed by atoms with van der Waals surface area (Å²) in [5.74, 6) is 0. The first-order valence-corrected chi connectivity index (χ1v) is 6.17. The van der Waals surface area contributed by atoms with Gasteiger partial charge in [-0.2, -0.15) is 0 Å². The summed E-state index contributed by atoms with van der Waals surface area (Å²) in [6.45, 7) is 0.705. The van der Waals surface area contributed by atoms with Crippen molar-refractivity contribution in [2.24, 2.45) is 5.73 Å². The van der Waals surface area contributed by atoms with Gasteiger partial charge in [-0.3, -0.25) is 0 Å². The Balaban J connectivity index is 2.20. The van der Waals surface area contributed by atoms with Crippen LogP contribution in [0.2, 0.25) is 5.02 Å². The van der Waals surface area contributed by atoms with Crippen LogP contribution in [0.5, 0.6) is 0 Å². The highest BCUT2D eigenvalue weighted by Crippen LogP contribution is 2.40. The van der Waals surface area contributed by atoms with E-state index in [0.717, 1.165) is 11.4 Å². The lowest BCUT2D eigenvalue weighted by Crippen LogP contribution is -2.07. The molecule has 0 bridgehead atoms. The molecule has 0 atom stereocenters. The van der Waals surface area contributed by atoms with Crippen LogP contribution in [0.1, 0.15) is 24.6 Å². The van der Waals surface area contributed by atoms with E-state index < -0.39 is 0 Å². The Morgan fingerprint density at radius 3 is 2.81 bits per heavy atom. The van der Waals surface area contributed by atoms with Crippen LogP contribution in [0.25, 0.3) is 10.9 Å². The van der Waals surface area contributed by atoms with Gasteiger partial charge in [-0.05, 0) is 50.1 Å². The molecular formula is C13H15ClN2. The van der Waals surface area contributed by atoms with Gasteiger partial charge in [-0.1, -0.05) is 11.6 Å². The Morgan fingerprint density at radius 1 is 1.31 bits per heavy atom. The number of hydrogen-bond acceptors (Lipinski definition) is 1. The molecule has 1 aliphatic rings. The van der Waals surface area contributed by atoms with Crippen molar-refractivity contribution < 1.29 is 0 Å². The molecule has 0 amide bonds. The Hall–Kier alpha value is -0.990. The molecule has 0 spiro atoms. The Morgan fingerprint density at radius 2 is 2.12 bits per heavy atom. The van der Waals surface area contributed by atoms with Crippen LogP contribution in [0, 0.1) is 0 Å². The Labute approximate surface area is 100.0 Å². The lowest BCUT2D eigenvalue weighted by Gasteiger charge is -2.08. The molecule has 3 heteroatoms. The van der Waals surface area contributed by atoms with Crippen LogP contribution in [0.15, 0.2) is 24.3 Å². The number of halogens is 1. The molecule has 2 aromatic rings. The number of rotatable bonds is 3. The van der Waals surface area contributed by atoms with Crippen molar-refractivity contribution in [2.75, 3.05) is 6.54 Å². The van der Waals surface area contributed by atoms with Crippen LogP contribution >= 0.6 is 11.6 Å². The second-order valence-electron chi connectivity index (χ2n) is 4.48. The number of nitrogens with zero attached hydrogens (tertiary/aromatic N) is 1. The number of aromatic nitrogens is 1. The summed E-state index contributed by atoms with van der Waals surface area (Å²) in [4.78, 5) is 0. The van der Waals surface area contributed by atoms with Crippen molar-refractivity contribution in [3.63, 3.8) is 0 Å². The zero-order valence-corrected chi connectivity index (χ0v) is 9.87. The van der Waals surface area contributed by atoms with Gasteiger partial charge in [0.1, 0.15) is 0 Å². The van der Waals surface area contributed by atoms with Crippen molar-refractivity contribution in [2.45, 2.75) is 25.3 Å².